The molecule has 1 aromatic carbocycles. The molecule has 144 valence electrons. The maximum atomic E-state index is 12.4. The number of nitrogens with one attached hydrogen (secondary N) is 1. The zero-order valence-electron chi connectivity index (χ0n) is 16.0. The second-order valence-corrected chi connectivity index (χ2v) is 8.11. The summed E-state index contributed by atoms with van der Waals surface area (Å²) in [4.78, 5) is 12.4. The zero-order valence-corrected chi connectivity index (χ0v) is 16.0. The predicted molar refractivity (Wildman–Crippen MR) is 103 cm³/mol. The molecular formula is C22H33NO3. The highest BCUT2D eigenvalue weighted by atomic mass is 16.5. The third-order valence-electron chi connectivity index (χ3n) is 6.31. The standard InChI is InChI=1S/C22H33NO3/c1-26-21-14-16(8-13-20(21)24)15-22(25)23-19-11-9-18(10-12-19)17-6-4-2-3-5-7-17/h8,13-14,17-19,24H,2-7,9-12,15H2,1H3,(H,23,25)/t18-,19-. The number of rotatable bonds is 5. The van der Waals surface area contributed by atoms with E-state index in [-0.39, 0.29) is 11.7 Å². The van der Waals surface area contributed by atoms with Crippen LogP contribution in [0.4, 0.5) is 0 Å². The molecule has 0 unspecified atom stereocenters. The number of carbonyl (C=O) groups is 1. The summed E-state index contributed by atoms with van der Waals surface area (Å²) < 4.78 is 5.11. The second kappa shape index (κ2) is 9.29. The molecule has 0 aromatic heterocycles. The van der Waals surface area contributed by atoms with Gasteiger partial charge in [0, 0.05) is 6.04 Å². The second-order valence-electron chi connectivity index (χ2n) is 8.11. The Kier molecular flexibility index (Phi) is 6.81. The number of benzene rings is 1. The van der Waals surface area contributed by atoms with Crippen molar-refractivity contribution in [2.24, 2.45) is 11.8 Å². The van der Waals surface area contributed by atoms with Gasteiger partial charge in [0.05, 0.1) is 13.5 Å². The molecule has 4 nitrogen and oxygen atoms in total. The molecule has 2 aliphatic rings. The Labute approximate surface area is 157 Å². The highest BCUT2D eigenvalue weighted by Crippen LogP contribution is 2.37. The topological polar surface area (TPSA) is 58.6 Å². The summed E-state index contributed by atoms with van der Waals surface area (Å²) in [5, 5.41) is 12.9. The van der Waals surface area contributed by atoms with Crippen molar-refractivity contribution in [3.8, 4) is 11.5 Å². The molecule has 1 aromatic rings. The largest absolute Gasteiger partial charge is 0.504 e. The summed E-state index contributed by atoms with van der Waals surface area (Å²) in [6.07, 6.45) is 13.6. The summed E-state index contributed by atoms with van der Waals surface area (Å²) in [5.74, 6) is 2.39. The lowest BCUT2D eigenvalue weighted by Gasteiger charge is -2.34. The Morgan fingerprint density at radius 1 is 1.04 bits per heavy atom. The third kappa shape index (κ3) is 5.15. The molecule has 0 spiro atoms. The lowest BCUT2D eigenvalue weighted by molar-refractivity contribution is -0.121. The SMILES string of the molecule is COc1cc(CC(=O)N[C@H]2CC[C@H](C3CCCCCC3)CC2)ccc1O. The fourth-order valence-electron chi connectivity index (χ4n) is 4.81. The van der Waals surface area contributed by atoms with Gasteiger partial charge < -0.3 is 15.2 Å². The van der Waals surface area contributed by atoms with Crippen molar-refractivity contribution >= 4 is 5.91 Å². The summed E-state index contributed by atoms with van der Waals surface area (Å²) in [5.41, 5.74) is 0.865. The number of hydrogen-bond donors (Lipinski definition) is 2. The van der Waals surface area contributed by atoms with E-state index < -0.39 is 0 Å². The molecule has 0 saturated heterocycles. The Balaban J connectivity index is 1.44. The Morgan fingerprint density at radius 3 is 2.35 bits per heavy atom. The van der Waals surface area contributed by atoms with Gasteiger partial charge in [-0.15, -0.1) is 0 Å². The summed E-state index contributed by atoms with van der Waals surface area (Å²) in [7, 11) is 1.52. The van der Waals surface area contributed by atoms with Crippen LogP contribution in [-0.4, -0.2) is 24.2 Å². The predicted octanol–water partition coefficient (Wildman–Crippen LogP) is 4.59. The van der Waals surface area contributed by atoms with Crippen molar-refractivity contribution < 1.29 is 14.6 Å². The average Bonchev–Trinajstić information content (AvgIpc) is 2.93. The summed E-state index contributed by atoms with van der Waals surface area (Å²) >= 11 is 0. The maximum absolute atomic E-state index is 12.4. The molecule has 26 heavy (non-hydrogen) atoms. The van der Waals surface area contributed by atoms with Crippen LogP contribution in [0.3, 0.4) is 0 Å². The quantitative estimate of drug-likeness (QED) is 0.756. The maximum Gasteiger partial charge on any atom is 0.224 e. The van der Waals surface area contributed by atoms with Crippen molar-refractivity contribution in [3.63, 3.8) is 0 Å². The van der Waals surface area contributed by atoms with Crippen molar-refractivity contribution in [2.45, 2.75) is 76.7 Å². The Morgan fingerprint density at radius 2 is 1.69 bits per heavy atom. The molecule has 0 bridgehead atoms. The van der Waals surface area contributed by atoms with Gasteiger partial charge in [-0.2, -0.15) is 0 Å². The lowest BCUT2D eigenvalue weighted by atomic mass is 9.75. The number of hydrogen-bond acceptors (Lipinski definition) is 3. The van der Waals surface area contributed by atoms with Crippen LogP contribution in [0, 0.1) is 11.8 Å². The van der Waals surface area contributed by atoms with E-state index in [1.54, 1.807) is 18.2 Å². The number of phenols is 1. The summed E-state index contributed by atoms with van der Waals surface area (Å²) in [6, 6.07) is 5.42. The third-order valence-corrected chi connectivity index (χ3v) is 6.31. The first-order valence-corrected chi connectivity index (χ1v) is 10.3. The van der Waals surface area contributed by atoms with E-state index in [9.17, 15) is 9.90 Å². The van der Waals surface area contributed by atoms with Crippen LogP contribution >= 0.6 is 0 Å². The van der Waals surface area contributed by atoms with Gasteiger partial charge in [0.2, 0.25) is 5.91 Å². The molecule has 0 radical (unpaired) electrons. The van der Waals surface area contributed by atoms with Crippen molar-refractivity contribution in [1.82, 2.24) is 5.32 Å². The van der Waals surface area contributed by atoms with Gasteiger partial charge in [-0.1, -0.05) is 44.6 Å². The van der Waals surface area contributed by atoms with Crippen molar-refractivity contribution in [1.29, 1.82) is 0 Å². The molecule has 2 N–H and O–H groups in total. The van der Waals surface area contributed by atoms with Gasteiger partial charge in [-0.05, 0) is 55.2 Å². The molecule has 4 heteroatoms. The Bertz CT molecular complexity index is 585. The lowest BCUT2D eigenvalue weighted by Crippen LogP contribution is -2.39. The molecule has 2 fully saturated rings. The molecule has 0 heterocycles. The number of aromatic hydroxyl groups is 1. The van der Waals surface area contributed by atoms with E-state index >= 15 is 0 Å². The van der Waals surface area contributed by atoms with E-state index in [0.717, 1.165) is 30.2 Å². The van der Waals surface area contributed by atoms with E-state index in [0.29, 0.717) is 18.2 Å². The number of methoxy groups -OCH3 is 1. The van der Waals surface area contributed by atoms with E-state index in [1.807, 2.05) is 0 Å². The minimum Gasteiger partial charge on any atom is -0.504 e. The minimum absolute atomic E-state index is 0.0654. The molecule has 3 rings (SSSR count). The van der Waals surface area contributed by atoms with Gasteiger partial charge in [0.15, 0.2) is 11.5 Å². The van der Waals surface area contributed by atoms with Crippen molar-refractivity contribution in [3.05, 3.63) is 23.8 Å². The van der Waals surface area contributed by atoms with Crippen LogP contribution in [0.25, 0.3) is 0 Å². The zero-order chi connectivity index (χ0) is 18.4. The molecule has 0 atom stereocenters. The highest BCUT2D eigenvalue weighted by molar-refractivity contribution is 5.79. The summed E-state index contributed by atoms with van der Waals surface area (Å²) in [6.45, 7) is 0. The molecule has 1 amide bonds. The van der Waals surface area contributed by atoms with Crippen LogP contribution in [-0.2, 0) is 11.2 Å². The van der Waals surface area contributed by atoms with E-state index in [2.05, 4.69) is 5.32 Å². The minimum atomic E-state index is 0.0654. The van der Waals surface area contributed by atoms with Crippen LogP contribution in [0.5, 0.6) is 11.5 Å². The van der Waals surface area contributed by atoms with Gasteiger partial charge in [-0.3, -0.25) is 4.79 Å². The first-order chi connectivity index (χ1) is 12.7. The van der Waals surface area contributed by atoms with Crippen LogP contribution < -0.4 is 10.1 Å². The van der Waals surface area contributed by atoms with Crippen LogP contribution in [0.1, 0.15) is 69.8 Å². The number of carbonyl (C=O) groups excluding carboxylic acids is 1. The molecule has 2 aliphatic carbocycles. The van der Waals surface area contributed by atoms with Gasteiger partial charge in [-0.25, -0.2) is 0 Å². The van der Waals surface area contributed by atoms with Crippen molar-refractivity contribution in [2.75, 3.05) is 7.11 Å². The first kappa shape index (κ1) is 19.1. The molecule has 2 saturated carbocycles. The fraction of sp³-hybridized carbons (Fsp3) is 0.682. The van der Waals surface area contributed by atoms with E-state index in [4.69, 9.17) is 4.74 Å². The van der Waals surface area contributed by atoms with Gasteiger partial charge >= 0.3 is 0 Å². The van der Waals surface area contributed by atoms with Gasteiger partial charge in [0.1, 0.15) is 0 Å². The number of amides is 1. The van der Waals surface area contributed by atoms with Crippen LogP contribution in [0.2, 0.25) is 0 Å². The highest BCUT2D eigenvalue weighted by Gasteiger charge is 2.28. The first-order valence-electron chi connectivity index (χ1n) is 10.3. The Hall–Kier alpha value is -1.71. The number of ether oxygens (including phenoxy) is 1. The molecule has 0 aliphatic heterocycles. The molecular weight excluding hydrogens is 326 g/mol. The monoisotopic (exact) mass is 359 g/mol. The van der Waals surface area contributed by atoms with Gasteiger partial charge in [0.25, 0.3) is 0 Å². The van der Waals surface area contributed by atoms with Crippen LogP contribution in [0.15, 0.2) is 18.2 Å². The smallest absolute Gasteiger partial charge is 0.224 e. The fourth-order valence-corrected chi connectivity index (χ4v) is 4.81. The normalized spacial score (nSPS) is 24.7. The number of phenolic OH excluding ortho intramolecular Hbond substituents is 1. The average molecular weight is 360 g/mol. The van der Waals surface area contributed by atoms with E-state index in [1.165, 1.54) is 58.5 Å².